The predicted molar refractivity (Wildman–Crippen MR) is 126 cm³/mol. The number of hydrogen-bond donors (Lipinski definition) is 2. The molecule has 1 aliphatic rings. The average Bonchev–Trinajstić information content (AvgIpc) is 3.25. The van der Waals surface area contributed by atoms with E-state index in [2.05, 4.69) is 10.6 Å². The Morgan fingerprint density at radius 3 is 2.59 bits per heavy atom. The van der Waals surface area contributed by atoms with E-state index in [0.717, 1.165) is 5.56 Å². The number of amides is 3. The van der Waals surface area contributed by atoms with Gasteiger partial charge in [-0.1, -0.05) is 24.3 Å². The number of nitrogens with zero attached hydrogens (tertiary/aromatic N) is 1. The first-order valence-electron chi connectivity index (χ1n) is 10.8. The first-order chi connectivity index (χ1) is 16.4. The second-order valence-electron chi connectivity index (χ2n) is 7.95. The van der Waals surface area contributed by atoms with Crippen molar-refractivity contribution in [3.05, 3.63) is 89.7 Å². The summed E-state index contributed by atoms with van der Waals surface area (Å²) in [5.41, 5.74) is 2.10. The van der Waals surface area contributed by atoms with Crippen LogP contribution in [0.2, 0.25) is 0 Å². The van der Waals surface area contributed by atoms with Crippen LogP contribution in [0.25, 0.3) is 0 Å². The number of nitrogens with one attached hydrogen (secondary N) is 2. The second-order valence-corrected chi connectivity index (χ2v) is 7.95. The third-order valence-corrected chi connectivity index (χ3v) is 5.65. The van der Waals surface area contributed by atoms with Crippen molar-refractivity contribution in [2.45, 2.75) is 13.0 Å². The Kier molecular flexibility index (Phi) is 6.87. The summed E-state index contributed by atoms with van der Waals surface area (Å²) in [5, 5.41) is 5.64. The molecule has 1 heterocycles. The molecule has 7 nitrogen and oxygen atoms in total. The van der Waals surface area contributed by atoms with Crippen LogP contribution in [0.5, 0.6) is 5.75 Å². The molecule has 3 aromatic carbocycles. The molecule has 0 spiro atoms. The van der Waals surface area contributed by atoms with E-state index in [4.69, 9.17) is 4.74 Å². The van der Waals surface area contributed by atoms with Crippen LogP contribution >= 0.6 is 0 Å². The second kappa shape index (κ2) is 10.2. The third kappa shape index (κ3) is 5.23. The van der Waals surface area contributed by atoms with Gasteiger partial charge in [0.05, 0.1) is 24.3 Å². The highest BCUT2D eigenvalue weighted by atomic mass is 19.1. The lowest BCUT2D eigenvalue weighted by atomic mass is 10.1. The molecule has 1 saturated heterocycles. The van der Waals surface area contributed by atoms with E-state index in [-0.39, 0.29) is 30.7 Å². The molecule has 3 aromatic rings. The minimum atomic E-state index is -0.592. The SMILES string of the molecule is COc1cccc(CNC(=O)c2ccccc2NC(=O)[C@H]2CC(=O)N(c3ccc(F)cc3)C2)c1. The van der Waals surface area contributed by atoms with Crippen molar-refractivity contribution in [2.24, 2.45) is 5.92 Å². The number of halogens is 1. The highest BCUT2D eigenvalue weighted by molar-refractivity contribution is 6.07. The molecule has 0 bridgehead atoms. The van der Waals surface area contributed by atoms with Crippen molar-refractivity contribution < 1.29 is 23.5 Å². The number of rotatable bonds is 7. The maximum absolute atomic E-state index is 13.2. The molecule has 4 rings (SSSR count). The number of anilines is 2. The number of methoxy groups -OCH3 is 1. The van der Waals surface area contributed by atoms with Crippen LogP contribution in [0.15, 0.2) is 72.8 Å². The summed E-state index contributed by atoms with van der Waals surface area (Å²) in [6.07, 6.45) is 0.0351. The van der Waals surface area contributed by atoms with Crippen LogP contribution in [0.4, 0.5) is 15.8 Å². The fourth-order valence-electron chi connectivity index (χ4n) is 3.84. The molecule has 0 aliphatic carbocycles. The zero-order valence-electron chi connectivity index (χ0n) is 18.6. The van der Waals surface area contributed by atoms with Crippen LogP contribution < -0.4 is 20.3 Å². The molecule has 1 fully saturated rings. The number of carbonyl (C=O) groups excluding carboxylic acids is 3. The maximum Gasteiger partial charge on any atom is 0.253 e. The fourth-order valence-corrected chi connectivity index (χ4v) is 3.84. The Morgan fingerprint density at radius 1 is 1.06 bits per heavy atom. The van der Waals surface area contributed by atoms with E-state index in [1.54, 1.807) is 31.4 Å². The molecule has 8 heteroatoms. The van der Waals surface area contributed by atoms with Crippen molar-refractivity contribution in [1.29, 1.82) is 0 Å². The molecule has 0 saturated carbocycles. The Hall–Kier alpha value is -4.20. The Bertz CT molecular complexity index is 1210. The van der Waals surface area contributed by atoms with E-state index in [1.165, 1.54) is 29.2 Å². The normalized spacial score (nSPS) is 15.2. The lowest BCUT2D eigenvalue weighted by Crippen LogP contribution is -2.29. The lowest BCUT2D eigenvalue weighted by molar-refractivity contribution is -0.122. The smallest absolute Gasteiger partial charge is 0.253 e. The van der Waals surface area contributed by atoms with E-state index < -0.39 is 11.7 Å². The first-order valence-corrected chi connectivity index (χ1v) is 10.8. The molecule has 3 amide bonds. The van der Waals surface area contributed by atoms with Crippen molar-refractivity contribution in [2.75, 3.05) is 23.9 Å². The first kappa shape index (κ1) is 23.0. The standard InChI is InChI=1S/C26H24FN3O4/c1-34-21-6-4-5-17(13-21)15-28-26(33)22-7-2-3-8-23(22)29-25(32)18-14-24(31)30(16-18)20-11-9-19(27)10-12-20/h2-13,18H,14-16H2,1H3,(H,28,33)(H,29,32)/t18-/m0/s1. The van der Waals surface area contributed by atoms with Gasteiger partial charge in [-0.15, -0.1) is 0 Å². The van der Waals surface area contributed by atoms with Crippen molar-refractivity contribution in [1.82, 2.24) is 5.32 Å². The number of para-hydroxylation sites is 1. The lowest BCUT2D eigenvalue weighted by Gasteiger charge is -2.17. The van der Waals surface area contributed by atoms with E-state index in [0.29, 0.717) is 29.2 Å². The molecule has 0 unspecified atom stereocenters. The van der Waals surface area contributed by atoms with E-state index >= 15 is 0 Å². The average molecular weight is 461 g/mol. The highest BCUT2D eigenvalue weighted by Crippen LogP contribution is 2.27. The van der Waals surface area contributed by atoms with Crippen molar-refractivity contribution >= 4 is 29.1 Å². The van der Waals surface area contributed by atoms with Gasteiger partial charge in [-0.3, -0.25) is 14.4 Å². The zero-order valence-corrected chi connectivity index (χ0v) is 18.6. The molecule has 0 radical (unpaired) electrons. The highest BCUT2D eigenvalue weighted by Gasteiger charge is 2.35. The number of ether oxygens (including phenoxy) is 1. The van der Waals surface area contributed by atoms with Crippen LogP contribution in [-0.2, 0) is 16.1 Å². The van der Waals surface area contributed by atoms with E-state index in [1.807, 2.05) is 24.3 Å². The van der Waals surface area contributed by atoms with Gasteiger partial charge in [0, 0.05) is 25.2 Å². The molecule has 0 aromatic heterocycles. The van der Waals surface area contributed by atoms with Crippen molar-refractivity contribution in [3.8, 4) is 5.75 Å². The topological polar surface area (TPSA) is 87.7 Å². The summed E-state index contributed by atoms with van der Waals surface area (Å²) < 4.78 is 18.4. The summed E-state index contributed by atoms with van der Waals surface area (Å²) in [4.78, 5) is 39.7. The molecular weight excluding hydrogens is 437 g/mol. The van der Waals surface area contributed by atoms with E-state index in [9.17, 15) is 18.8 Å². The Balaban J connectivity index is 1.41. The van der Waals surface area contributed by atoms with Crippen LogP contribution in [0.3, 0.4) is 0 Å². The molecule has 1 aliphatic heterocycles. The van der Waals surface area contributed by atoms with Gasteiger partial charge in [0.1, 0.15) is 11.6 Å². The monoisotopic (exact) mass is 461 g/mol. The minimum absolute atomic E-state index is 0.0351. The quantitative estimate of drug-likeness (QED) is 0.561. The van der Waals surface area contributed by atoms with Crippen molar-refractivity contribution in [3.63, 3.8) is 0 Å². The van der Waals surface area contributed by atoms with Gasteiger partial charge >= 0.3 is 0 Å². The minimum Gasteiger partial charge on any atom is -0.497 e. The number of carbonyl (C=O) groups is 3. The van der Waals surface area contributed by atoms with Crippen LogP contribution in [0.1, 0.15) is 22.3 Å². The Labute approximate surface area is 196 Å². The summed E-state index contributed by atoms with van der Waals surface area (Å²) in [6.45, 7) is 0.475. The van der Waals surface area contributed by atoms with Gasteiger partial charge in [0.2, 0.25) is 11.8 Å². The van der Waals surface area contributed by atoms with Gasteiger partial charge in [-0.25, -0.2) is 4.39 Å². The summed E-state index contributed by atoms with van der Waals surface area (Å²) >= 11 is 0. The number of hydrogen-bond acceptors (Lipinski definition) is 4. The largest absolute Gasteiger partial charge is 0.497 e. The van der Waals surface area contributed by atoms with Gasteiger partial charge in [-0.2, -0.15) is 0 Å². The maximum atomic E-state index is 13.2. The predicted octanol–water partition coefficient (Wildman–Crippen LogP) is 3.76. The molecule has 34 heavy (non-hydrogen) atoms. The third-order valence-electron chi connectivity index (χ3n) is 5.65. The van der Waals surface area contributed by atoms with Crippen LogP contribution in [0, 0.1) is 11.7 Å². The molecule has 174 valence electrons. The summed E-state index contributed by atoms with van der Waals surface area (Å²) in [6, 6.07) is 19.6. The molecular formula is C26H24FN3O4. The van der Waals surface area contributed by atoms with Gasteiger partial charge in [0.15, 0.2) is 0 Å². The fraction of sp³-hybridized carbons (Fsp3) is 0.192. The molecule has 2 N–H and O–H groups in total. The molecule has 1 atom stereocenters. The number of benzene rings is 3. The zero-order chi connectivity index (χ0) is 24.1. The van der Waals surface area contributed by atoms with Gasteiger partial charge < -0.3 is 20.3 Å². The summed E-state index contributed by atoms with van der Waals surface area (Å²) in [5.74, 6) is -1.20. The van der Waals surface area contributed by atoms with Gasteiger partial charge in [-0.05, 0) is 54.1 Å². The van der Waals surface area contributed by atoms with Crippen LogP contribution in [-0.4, -0.2) is 31.4 Å². The summed E-state index contributed by atoms with van der Waals surface area (Å²) in [7, 11) is 1.58. The Morgan fingerprint density at radius 2 is 1.82 bits per heavy atom. The van der Waals surface area contributed by atoms with Gasteiger partial charge in [0.25, 0.3) is 5.91 Å².